The van der Waals surface area contributed by atoms with Gasteiger partial charge in [0.1, 0.15) is 6.54 Å². The molecule has 0 aromatic heterocycles. The lowest BCUT2D eigenvalue weighted by molar-refractivity contribution is -0.355. The van der Waals surface area contributed by atoms with Crippen LogP contribution in [0.1, 0.15) is 0 Å². The van der Waals surface area contributed by atoms with Crippen LogP contribution < -0.4 is 15.9 Å². The molecule has 0 heterocycles. The van der Waals surface area contributed by atoms with Crippen LogP contribution in [0.25, 0.3) is 0 Å². The molecule has 0 saturated carbocycles. The third-order valence-electron chi connectivity index (χ3n) is 0.664. The number of quaternary nitrogens is 1. The van der Waals surface area contributed by atoms with Crippen molar-refractivity contribution in [3.8, 4) is 0 Å². The SMILES string of the molecule is O=[P+]([O-])O.[NH3+]CC(=O)NCC(=O)O. The molecular weight excluding hydrogens is 203 g/mol. The van der Waals surface area contributed by atoms with Gasteiger partial charge in [-0.3, -0.25) is 9.59 Å². The maximum Gasteiger partial charge on any atom is 0.485 e. The molecule has 1 atom stereocenters. The Morgan fingerprint density at radius 3 is 2.15 bits per heavy atom. The van der Waals surface area contributed by atoms with Crippen LogP contribution in [0.15, 0.2) is 0 Å². The number of hydrogen-bond donors (Lipinski definition) is 4. The summed E-state index contributed by atoms with van der Waals surface area (Å²) in [6.45, 7) is -0.248. The summed E-state index contributed by atoms with van der Waals surface area (Å²) in [7, 11) is -3.12. The Kier molecular flexibility index (Phi) is 10.0. The van der Waals surface area contributed by atoms with Crippen LogP contribution in [0.3, 0.4) is 0 Å². The second kappa shape index (κ2) is 9.01. The number of carbonyl (C=O) groups excluding carboxylic acids is 1. The van der Waals surface area contributed by atoms with Crippen molar-refractivity contribution in [2.75, 3.05) is 13.1 Å². The zero-order valence-electron chi connectivity index (χ0n) is 6.60. The molecule has 0 spiro atoms. The van der Waals surface area contributed by atoms with Gasteiger partial charge in [0.15, 0.2) is 6.54 Å². The Hall–Kier alpha value is -1.08. The second-order valence-corrected chi connectivity index (χ2v) is 2.13. The predicted molar refractivity (Wildman–Crippen MR) is 38.2 cm³/mol. The highest BCUT2D eigenvalue weighted by atomic mass is 31.1. The van der Waals surface area contributed by atoms with Gasteiger partial charge in [-0.15, -0.1) is 0 Å². The average molecular weight is 213 g/mol. The summed E-state index contributed by atoms with van der Waals surface area (Å²) in [5.41, 5.74) is 3.26. The van der Waals surface area contributed by atoms with Gasteiger partial charge in [0.05, 0.1) is 0 Å². The van der Waals surface area contributed by atoms with Gasteiger partial charge in [-0.2, -0.15) is 4.89 Å². The topological polar surface area (TPSA) is 154 Å². The minimum absolute atomic E-state index is 0.0767. The molecule has 0 fully saturated rings. The summed E-state index contributed by atoms with van der Waals surface area (Å²) in [6.07, 6.45) is 0. The molecule has 0 aromatic carbocycles. The number of hydrogen-bond acceptors (Lipinski definition) is 4. The number of carbonyl (C=O) groups is 2. The Morgan fingerprint density at radius 1 is 1.54 bits per heavy atom. The Morgan fingerprint density at radius 2 is 1.92 bits per heavy atom. The first-order valence-electron chi connectivity index (χ1n) is 3.01. The standard InChI is InChI=1S/C4H8N2O3.HO3P/c5-1-3(7)6-2-4(8)9;1-4(2)3/h1-2,5H2,(H,6,7)(H,8,9);(H,1,2,3)/p+1. The maximum absolute atomic E-state index is 10.3. The van der Waals surface area contributed by atoms with Crippen molar-refractivity contribution in [3.63, 3.8) is 0 Å². The van der Waals surface area contributed by atoms with Gasteiger partial charge in [-0.05, 0) is 4.57 Å². The van der Waals surface area contributed by atoms with Crippen LogP contribution >= 0.6 is 8.25 Å². The van der Waals surface area contributed by atoms with Crippen LogP contribution in [0.4, 0.5) is 0 Å². The molecule has 0 aliphatic carbocycles. The van der Waals surface area contributed by atoms with Crippen LogP contribution in [-0.4, -0.2) is 35.0 Å². The van der Waals surface area contributed by atoms with Crippen molar-refractivity contribution in [1.29, 1.82) is 0 Å². The second-order valence-electron chi connectivity index (χ2n) is 1.66. The molecule has 0 rings (SSSR count). The van der Waals surface area contributed by atoms with E-state index in [2.05, 4.69) is 11.1 Å². The fourth-order valence-electron chi connectivity index (χ4n) is 0.263. The molecule has 0 aliphatic heterocycles. The van der Waals surface area contributed by atoms with E-state index in [1.54, 1.807) is 0 Å². The van der Waals surface area contributed by atoms with Gasteiger partial charge < -0.3 is 21.1 Å². The summed E-state index contributed by atoms with van der Waals surface area (Å²) in [5, 5.41) is 10.2. The van der Waals surface area contributed by atoms with E-state index >= 15 is 0 Å². The summed E-state index contributed by atoms with van der Waals surface area (Å²) in [4.78, 5) is 35.7. The van der Waals surface area contributed by atoms with Gasteiger partial charge in [-0.1, -0.05) is 0 Å². The molecule has 0 saturated heterocycles. The van der Waals surface area contributed by atoms with E-state index in [-0.39, 0.29) is 19.0 Å². The van der Waals surface area contributed by atoms with Crippen molar-refractivity contribution in [2.45, 2.75) is 0 Å². The lowest BCUT2D eigenvalue weighted by atomic mass is 10.5. The molecule has 76 valence electrons. The van der Waals surface area contributed by atoms with Crippen molar-refractivity contribution >= 4 is 20.1 Å². The van der Waals surface area contributed by atoms with Crippen LogP contribution in [0.5, 0.6) is 0 Å². The van der Waals surface area contributed by atoms with E-state index in [9.17, 15) is 9.59 Å². The average Bonchev–Trinajstić information content (AvgIpc) is 1.99. The molecule has 8 nitrogen and oxygen atoms in total. The van der Waals surface area contributed by atoms with Gasteiger partial charge in [0, 0.05) is 0 Å². The first-order valence-corrected chi connectivity index (χ1v) is 4.14. The monoisotopic (exact) mass is 213 g/mol. The highest BCUT2D eigenvalue weighted by Crippen LogP contribution is 1.89. The van der Waals surface area contributed by atoms with Crippen molar-refractivity contribution < 1.29 is 34.8 Å². The summed E-state index contributed by atoms with van der Waals surface area (Å²) >= 11 is 0. The predicted octanol–water partition coefficient (Wildman–Crippen LogP) is -3.57. The quantitative estimate of drug-likeness (QED) is 0.355. The van der Waals surface area contributed by atoms with E-state index in [1.165, 1.54) is 0 Å². The molecule has 0 bridgehead atoms. The Labute approximate surface area is 74.3 Å². The van der Waals surface area contributed by atoms with E-state index in [0.717, 1.165) is 0 Å². The summed E-state index contributed by atoms with van der Waals surface area (Å²) in [5.74, 6) is -1.39. The minimum atomic E-state index is -3.12. The van der Waals surface area contributed by atoms with E-state index < -0.39 is 14.2 Å². The third-order valence-corrected chi connectivity index (χ3v) is 0.664. The zero-order valence-corrected chi connectivity index (χ0v) is 7.49. The van der Waals surface area contributed by atoms with Crippen LogP contribution in [0, 0.1) is 0 Å². The lowest BCUT2D eigenvalue weighted by Gasteiger charge is -1.94. The van der Waals surface area contributed by atoms with Crippen LogP contribution in [-0.2, 0) is 14.2 Å². The summed E-state index contributed by atoms with van der Waals surface area (Å²) < 4.78 is 8.59. The fraction of sp³-hybridized carbons (Fsp3) is 0.500. The minimum Gasteiger partial charge on any atom is -0.567 e. The third kappa shape index (κ3) is 24.8. The van der Waals surface area contributed by atoms with Crippen molar-refractivity contribution in [3.05, 3.63) is 0 Å². The molecule has 0 aromatic rings. The van der Waals surface area contributed by atoms with Crippen molar-refractivity contribution in [2.24, 2.45) is 0 Å². The van der Waals surface area contributed by atoms with Crippen LogP contribution in [0.2, 0.25) is 0 Å². The Balaban J connectivity index is 0. The van der Waals surface area contributed by atoms with E-state index in [1.807, 2.05) is 0 Å². The molecule has 1 amide bonds. The number of amides is 1. The highest BCUT2D eigenvalue weighted by Gasteiger charge is 2.00. The van der Waals surface area contributed by atoms with Crippen molar-refractivity contribution in [1.82, 2.24) is 5.32 Å². The first-order chi connectivity index (χ1) is 5.90. The van der Waals surface area contributed by atoms with Gasteiger partial charge in [0.2, 0.25) is 0 Å². The number of nitrogens with one attached hydrogen (secondary N) is 1. The Bertz CT molecular complexity index is 191. The molecule has 9 heteroatoms. The molecule has 13 heavy (non-hydrogen) atoms. The molecule has 0 aliphatic rings. The number of carboxylic acids is 1. The highest BCUT2D eigenvalue weighted by molar-refractivity contribution is 7.29. The van der Waals surface area contributed by atoms with Gasteiger partial charge >= 0.3 is 14.2 Å². The molecule has 0 radical (unpaired) electrons. The lowest BCUT2D eigenvalue weighted by Crippen LogP contribution is -2.57. The number of rotatable bonds is 3. The molecule has 1 unspecified atom stereocenters. The van der Waals surface area contributed by atoms with E-state index in [0.29, 0.717) is 0 Å². The first kappa shape index (κ1) is 14.4. The number of aliphatic carboxylic acids is 1. The summed E-state index contributed by atoms with van der Waals surface area (Å²) in [6, 6.07) is 0. The van der Waals surface area contributed by atoms with E-state index in [4.69, 9.17) is 19.5 Å². The van der Waals surface area contributed by atoms with Gasteiger partial charge in [0.25, 0.3) is 5.91 Å². The smallest absolute Gasteiger partial charge is 0.485 e. The number of carboxylic acid groups (broad SMARTS) is 1. The largest absolute Gasteiger partial charge is 0.567 e. The molecular formula is C4H10N2O6P+. The molecule has 6 N–H and O–H groups in total. The maximum atomic E-state index is 10.3. The van der Waals surface area contributed by atoms with Gasteiger partial charge in [-0.25, -0.2) is 0 Å². The normalized spacial score (nSPS) is 9.31. The zero-order chi connectivity index (χ0) is 10.9. The fourth-order valence-corrected chi connectivity index (χ4v) is 0.263.